The third kappa shape index (κ3) is 7.59. The second-order valence-electron chi connectivity index (χ2n) is 12.8. The number of nitrogens with zero attached hydrogens (tertiary/aromatic N) is 2. The number of furan rings is 2. The minimum Gasteiger partial charge on any atom is -0.497 e. The zero-order chi connectivity index (χ0) is 40.8. The molecule has 0 fully saturated rings. The molecule has 0 aliphatic carbocycles. The Kier molecular flexibility index (Phi) is 11.0. The maximum Gasteiger partial charge on any atom is 0.197 e. The zero-order valence-corrected chi connectivity index (χ0v) is 31.9. The molecule has 0 aliphatic rings. The highest BCUT2D eigenvalue weighted by Crippen LogP contribution is 2.39. The first-order valence-electron chi connectivity index (χ1n) is 17.9. The molecule has 0 amide bonds. The van der Waals surface area contributed by atoms with Gasteiger partial charge in [0.1, 0.15) is 45.7 Å². The van der Waals surface area contributed by atoms with Gasteiger partial charge in [0.2, 0.25) is 0 Å². The van der Waals surface area contributed by atoms with Crippen LogP contribution in [0.2, 0.25) is 0 Å². The molecule has 0 aliphatic heterocycles. The first kappa shape index (κ1) is 38.2. The topological polar surface area (TPSA) is 145 Å². The molecule has 0 radical (unpaired) electrons. The molecule has 0 saturated carbocycles. The molecule has 0 N–H and O–H groups in total. The van der Waals surface area contributed by atoms with Crippen LogP contribution >= 0.6 is 0 Å². The smallest absolute Gasteiger partial charge is 0.197 e. The van der Waals surface area contributed by atoms with E-state index in [1.54, 1.807) is 101 Å². The van der Waals surface area contributed by atoms with Crippen LogP contribution in [0.4, 0.5) is 0 Å². The van der Waals surface area contributed by atoms with Crippen molar-refractivity contribution in [1.82, 2.24) is 0 Å². The maximum atomic E-state index is 13.4. The van der Waals surface area contributed by atoms with E-state index >= 15 is 0 Å². The van der Waals surface area contributed by atoms with E-state index < -0.39 is 0 Å². The second-order valence-corrected chi connectivity index (χ2v) is 12.8. The number of rotatable bonds is 10. The summed E-state index contributed by atoms with van der Waals surface area (Å²) in [7, 11) is 6.36. The third-order valence-electron chi connectivity index (χ3n) is 9.51. The lowest BCUT2D eigenvalue weighted by atomic mass is 9.97. The minimum atomic E-state index is -0.177. The largest absolute Gasteiger partial charge is 0.497 e. The average Bonchev–Trinajstić information content (AvgIpc) is 3.87. The van der Waals surface area contributed by atoms with Gasteiger partial charge < -0.3 is 27.8 Å². The van der Waals surface area contributed by atoms with E-state index in [1.807, 2.05) is 60.7 Å². The number of nitriles is 2. The van der Waals surface area contributed by atoms with E-state index in [1.165, 1.54) is 0 Å². The first-order valence-corrected chi connectivity index (χ1v) is 17.9. The molecule has 0 bridgehead atoms. The molecule has 8 aromatic rings. The molecule has 0 atom stereocenters. The van der Waals surface area contributed by atoms with Gasteiger partial charge in [-0.1, -0.05) is 0 Å². The number of methoxy groups -OCH3 is 4. The van der Waals surface area contributed by atoms with Gasteiger partial charge in [0, 0.05) is 45.2 Å². The lowest BCUT2D eigenvalue weighted by Gasteiger charge is -2.05. The fraction of sp³-hybridized carbons (Fsp3) is 0.0833. The molecule has 10 nitrogen and oxygen atoms in total. The number of ketones is 2. The number of hydrogen-bond acceptors (Lipinski definition) is 10. The molecular formula is C48H34N2O8. The summed E-state index contributed by atoms with van der Waals surface area (Å²) in [5, 5.41) is 19.4. The van der Waals surface area contributed by atoms with Gasteiger partial charge in [-0.25, -0.2) is 0 Å². The maximum absolute atomic E-state index is 13.4. The van der Waals surface area contributed by atoms with Crippen molar-refractivity contribution < 1.29 is 37.4 Å². The molecule has 6 aromatic carbocycles. The van der Waals surface area contributed by atoms with Crippen molar-refractivity contribution in [2.45, 2.75) is 0 Å². The number of benzene rings is 6. The second kappa shape index (κ2) is 16.7. The lowest BCUT2D eigenvalue weighted by molar-refractivity contribution is 0.103. The van der Waals surface area contributed by atoms with Gasteiger partial charge in [0.15, 0.2) is 11.6 Å². The fourth-order valence-corrected chi connectivity index (χ4v) is 6.43. The molecule has 0 unspecified atom stereocenters. The van der Waals surface area contributed by atoms with Crippen molar-refractivity contribution >= 4 is 33.5 Å². The minimum absolute atomic E-state index is 0.177. The van der Waals surface area contributed by atoms with E-state index in [0.29, 0.717) is 89.8 Å². The van der Waals surface area contributed by atoms with Crippen LogP contribution in [0, 0.1) is 22.7 Å². The van der Waals surface area contributed by atoms with Crippen molar-refractivity contribution in [2.24, 2.45) is 0 Å². The molecule has 10 heteroatoms. The predicted molar refractivity (Wildman–Crippen MR) is 219 cm³/mol. The van der Waals surface area contributed by atoms with E-state index in [0.717, 1.165) is 11.1 Å². The number of ether oxygens (including phenoxy) is 4. The predicted octanol–water partition coefficient (Wildman–Crippen LogP) is 10.4. The van der Waals surface area contributed by atoms with Gasteiger partial charge in [-0.05, 0) is 121 Å². The van der Waals surface area contributed by atoms with Crippen molar-refractivity contribution in [2.75, 3.05) is 28.4 Å². The van der Waals surface area contributed by atoms with Crippen LogP contribution in [0.5, 0.6) is 23.0 Å². The monoisotopic (exact) mass is 766 g/mol. The van der Waals surface area contributed by atoms with Crippen LogP contribution in [0.15, 0.2) is 142 Å². The Labute approximate surface area is 333 Å². The Morgan fingerprint density at radius 3 is 1.09 bits per heavy atom. The molecule has 8 rings (SSSR count). The molecule has 0 saturated heterocycles. The Morgan fingerprint density at radius 1 is 0.448 bits per heavy atom. The van der Waals surface area contributed by atoms with Gasteiger partial charge in [-0.15, -0.1) is 0 Å². The third-order valence-corrected chi connectivity index (χ3v) is 9.51. The lowest BCUT2D eigenvalue weighted by Crippen LogP contribution is -2.02. The summed E-state index contributed by atoms with van der Waals surface area (Å²) in [6, 6.07) is 42.7. The van der Waals surface area contributed by atoms with Crippen LogP contribution in [0.1, 0.15) is 43.0 Å². The van der Waals surface area contributed by atoms with E-state index in [2.05, 4.69) is 12.1 Å². The summed E-state index contributed by atoms with van der Waals surface area (Å²) in [5.74, 6) is 3.32. The van der Waals surface area contributed by atoms with Gasteiger partial charge in [-0.3, -0.25) is 9.59 Å². The van der Waals surface area contributed by atoms with E-state index in [-0.39, 0.29) is 11.6 Å². The highest BCUT2D eigenvalue weighted by molar-refractivity contribution is 6.20. The molecule has 58 heavy (non-hydrogen) atoms. The first-order chi connectivity index (χ1) is 28.3. The summed E-state index contributed by atoms with van der Waals surface area (Å²) in [4.78, 5) is 26.8. The van der Waals surface area contributed by atoms with E-state index in [4.69, 9.17) is 38.3 Å². The summed E-state index contributed by atoms with van der Waals surface area (Å²) in [6.07, 6.45) is 0. The van der Waals surface area contributed by atoms with Gasteiger partial charge in [-0.2, -0.15) is 10.5 Å². The van der Waals surface area contributed by atoms with Gasteiger partial charge in [0.05, 0.1) is 62.8 Å². The van der Waals surface area contributed by atoms with Crippen LogP contribution in [-0.2, 0) is 0 Å². The molecular weight excluding hydrogens is 733 g/mol. The standard InChI is InChI=1S/2C24H17NO4/c2*1-27-18-9-7-17(8-10-18)24-22(20-12-11-19(28-2)13-21(20)29-24)23(26)16-5-3-15(14-25)4-6-16/h2*3-13H,1-2H3. The highest BCUT2D eigenvalue weighted by atomic mass is 16.5. The average molecular weight is 767 g/mol. The summed E-state index contributed by atoms with van der Waals surface area (Å²) < 4.78 is 33.2. The van der Waals surface area contributed by atoms with Crippen LogP contribution < -0.4 is 18.9 Å². The van der Waals surface area contributed by atoms with Crippen LogP contribution in [0.3, 0.4) is 0 Å². The molecule has 0 spiro atoms. The Bertz CT molecular complexity index is 2660. The molecule has 2 aromatic heterocycles. The number of fused-ring (bicyclic) bond motifs is 2. The fourth-order valence-electron chi connectivity index (χ4n) is 6.43. The Morgan fingerprint density at radius 2 is 0.776 bits per heavy atom. The number of carbonyl (C=O) groups is 2. The highest BCUT2D eigenvalue weighted by Gasteiger charge is 2.25. The molecule has 284 valence electrons. The summed E-state index contributed by atoms with van der Waals surface area (Å²) in [5.41, 5.74) is 5.55. The van der Waals surface area contributed by atoms with Crippen molar-refractivity contribution in [3.63, 3.8) is 0 Å². The molecule has 2 heterocycles. The van der Waals surface area contributed by atoms with Gasteiger partial charge >= 0.3 is 0 Å². The zero-order valence-electron chi connectivity index (χ0n) is 31.9. The van der Waals surface area contributed by atoms with Crippen molar-refractivity contribution in [1.29, 1.82) is 10.5 Å². The normalized spacial score (nSPS) is 10.5. The SMILES string of the molecule is COc1ccc(-c2oc3cc(OC)ccc3c2C(=O)c2ccc(C#N)cc2)cc1.COc1ccc(-c2oc3cc(OC)ccc3c2C(=O)c2ccc(C#N)cc2)cc1. The summed E-state index contributed by atoms with van der Waals surface area (Å²) in [6.45, 7) is 0. The quantitative estimate of drug-likeness (QED) is 0.123. The number of carbonyl (C=O) groups excluding carboxylic acids is 2. The number of hydrogen-bond donors (Lipinski definition) is 0. The Balaban J connectivity index is 0.000000177. The van der Waals surface area contributed by atoms with Crippen LogP contribution in [0.25, 0.3) is 44.6 Å². The van der Waals surface area contributed by atoms with Gasteiger partial charge in [0.25, 0.3) is 0 Å². The van der Waals surface area contributed by atoms with Crippen LogP contribution in [-0.4, -0.2) is 40.0 Å². The summed E-state index contributed by atoms with van der Waals surface area (Å²) >= 11 is 0. The van der Waals surface area contributed by atoms with E-state index in [9.17, 15) is 9.59 Å². The Hall–Kier alpha value is -8.08. The van der Waals surface area contributed by atoms with Crippen molar-refractivity contribution in [3.8, 4) is 57.8 Å². The van der Waals surface area contributed by atoms with Crippen molar-refractivity contribution in [3.05, 3.63) is 167 Å².